The number of hydrogen-bond donors (Lipinski definition) is 1. The van der Waals surface area contributed by atoms with E-state index in [4.69, 9.17) is 5.73 Å². The molecule has 0 unspecified atom stereocenters. The number of nitrogens with zero attached hydrogens (tertiary/aromatic N) is 1. The lowest BCUT2D eigenvalue weighted by Crippen LogP contribution is -2.11. The van der Waals surface area contributed by atoms with Crippen LogP contribution in [0.2, 0.25) is 0 Å². The van der Waals surface area contributed by atoms with Gasteiger partial charge in [0, 0.05) is 0 Å². The molecule has 0 aliphatic heterocycles. The van der Waals surface area contributed by atoms with Gasteiger partial charge in [0.15, 0.2) is 5.69 Å². The summed E-state index contributed by atoms with van der Waals surface area (Å²) in [6.07, 6.45) is -4.47. The predicted octanol–water partition coefficient (Wildman–Crippen LogP) is 3.78. The fourth-order valence-electron chi connectivity index (χ4n) is 0.870. The van der Waals surface area contributed by atoms with Gasteiger partial charge in [-0.3, -0.25) is 0 Å². The highest BCUT2D eigenvalue weighted by atomic mass is 79.9. The third kappa shape index (κ3) is 3.70. The number of rotatable bonds is 0. The molecule has 2 nitrogen and oxygen atoms in total. The molecule has 1 aromatic heterocycles. The highest BCUT2D eigenvalue weighted by Crippen LogP contribution is 2.35. The van der Waals surface area contributed by atoms with Gasteiger partial charge < -0.3 is 5.73 Å². The lowest BCUT2D eigenvalue weighted by atomic mass is 10.2. The summed E-state index contributed by atoms with van der Waals surface area (Å²) in [5, 5.41) is 0. The molecule has 0 aromatic carbocycles. The van der Waals surface area contributed by atoms with Gasteiger partial charge in [0.25, 0.3) is 0 Å². The number of pyridine rings is 1. The summed E-state index contributed by atoms with van der Waals surface area (Å²) in [6, 6.07) is 1.37. The number of halogens is 4. The Hall–Kier alpha value is -0.780. The van der Waals surface area contributed by atoms with Crippen LogP contribution in [0, 0.1) is 6.92 Å². The zero-order valence-electron chi connectivity index (χ0n) is 8.61. The Morgan fingerprint density at radius 1 is 1.33 bits per heavy atom. The molecule has 0 saturated heterocycles. The first-order valence-electron chi connectivity index (χ1n) is 4.32. The van der Waals surface area contributed by atoms with Crippen molar-refractivity contribution in [3.63, 3.8) is 0 Å². The van der Waals surface area contributed by atoms with Crippen LogP contribution in [0.25, 0.3) is 0 Å². The molecule has 0 radical (unpaired) electrons. The fourth-order valence-corrected chi connectivity index (χ4v) is 1.30. The van der Waals surface area contributed by atoms with Crippen LogP contribution in [0.4, 0.5) is 19.0 Å². The van der Waals surface area contributed by atoms with Crippen molar-refractivity contribution >= 4 is 21.7 Å². The Balaban J connectivity index is 0.000000921. The van der Waals surface area contributed by atoms with Gasteiger partial charge in [-0.25, -0.2) is 4.98 Å². The molecule has 0 aliphatic rings. The molecule has 0 saturated carbocycles. The standard InChI is InChI=1S/C7H6BrF3N2.C2H6/c1-3-2-4(12)13-6(5(3)8)7(9,10)11;1-2/h2H,1H3,(H2,12,13);1-2H3. The van der Waals surface area contributed by atoms with Crippen molar-refractivity contribution in [3.8, 4) is 0 Å². The van der Waals surface area contributed by atoms with Crippen LogP contribution >= 0.6 is 15.9 Å². The van der Waals surface area contributed by atoms with Crippen molar-refractivity contribution < 1.29 is 13.2 Å². The summed E-state index contributed by atoms with van der Waals surface area (Å²) < 4.78 is 36.7. The Morgan fingerprint density at radius 3 is 2.20 bits per heavy atom. The van der Waals surface area contributed by atoms with Crippen molar-refractivity contribution in [3.05, 3.63) is 21.8 Å². The van der Waals surface area contributed by atoms with Gasteiger partial charge >= 0.3 is 6.18 Å². The van der Waals surface area contributed by atoms with E-state index in [0.29, 0.717) is 5.56 Å². The Labute approximate surface area is 94.8 Å². The molecule has 0 fully saturated rings. The second-order valence-corrected chi connectivity index (χ2v) is 3.32. The molecule has 0 aliphatic carbocycles. The maximum atomic E-state index is 12.3. The number of aryl methyl sites for hydroxylation is 1. The van der Waals surface area contributed by atoms with E-state index >= 15 is 0 Å². The topological polar surface area (TPSA) is 38.9 Å². The molecule has 6 heteroatoms. The van der Waals surface area contributed by atoms with Crippen LogP contribution in [0.5, 0.6) is 0 Å². The van der Waals surface area contributed by atoms with E-state index in [2.05, 4.69) is 20.9 Å². The second kappa shape index (κ2) is 5.34. The summed E-state index contributed by atoms with van der Waals surface area (Å²) in [4.78, 5) is 3.21. The lowest BCUT2D eigenvalue weighted by molar-refractivity contribution is -0.141. The first-order valence-corrected chi connectivity index (χ1v) is 5.11. The molecule has 1 aromatic rings. The molecule has 15 heavy (non-hydrogen) atoms. The third-order valence-corrected chi connectivity index (χ3v) is 2.43. The van der Waals surface area contributed by atoms with E-state index in [0.717, 1.165) is 0 Å². The number of aromatic nitrogens is 1. The number of anilines is 1. The van der Waals surface area contributed by atoms with Gasteiger partial charge in [0.05, 0.1) is 4.47 Å². The maximum absolute atomic E-state index is 12.3. The number of nitrogen functional groups attached to an aromatic ring is 1. The van der Waals surface area contributed by atoms with Gasteiger partial charge in [-0.2, -0.15) is 13.2 Å². The lowest BCUT2D eigenvalue weighted by Gasteiger charge is -2.10. The van der Waals surface area contributed by atoms with Crippen molar-refractivity contribution in [2.75, 3.05) is 5.73 Å². The summed E-state index contributed by atoms with van der Waals surface area (Å²) in [7, 11) is 0. The number of alkyl halides is 3. The van der Waals surface area contributed by atoms with E-state index in [-0.39, 0.29) is 10.3 Å². The van der Waals surface area contributed by atoms with Crippen molar-refractivity contribution in [2.45, 2.75) is 26.9 Å². The van der Waals surface area contributed by atoms with E-state index in [1.165, 1.54) is 13.0 Å². The van der Waals surface area contributed by atoms with Gasteiger partial charge in [0.2, 0.25) is 0 Å². The molecule has 0 spiro atoms. The van der Waals surface area contributed by atoms with Crippen molar-refractivity contribution in [1.29, 1.82) is 0 Å². The van der Waals surface area contributed by atoms with Gasteiger partial charge in [0.1, 0.15) is 5.82 Å². The summed E-state index contributed by atoms with van der Waals surface area (Å²) in [6.45, 7) is 5.53. The molecular weight excluding hydrogens is 273 g/mol. The van der Waals surface area contributed by atoms with E-state index in [1.54, 1.807) is 0 Å². The second-order valence-electron chi connectivity index (χ2n) is 2.52. The Kier molecular flexibility index (Phi) is 5.07. The number of hydrogen-bond acceptors (Lipinski definition) is 2. The van der Waals surface area contributed by atoms with E-state index < -0.39 is 11.9 Å². The van der Waals surface area contributed by atoms with Crippen LogP contribution in [-0.4, -0.2) is 4.98 Å². The highest BCUT2D eigenvalue weighted by Gasteiger charge is 2.35. The normalized spacial score (nSPS) is 10.6. The third-order valence-electron chi connectivity index (χ3n) is 1.43. The van der Waals surface area contributed by atoms with Crippen molar-refractivity contribution in [2.24, 2.45) is 0 Å². The SMILES string of the molecule is CC.Cc1cc(N)nc(C(F)(F)F)c1Br. The first-order chi connectivity index (χ1) is 6.82. The molecule has 86 valence electrons. The van der Waals surface area contributed by atoms with Crippen LogP contribution in [-0.2, 0) is 6.18 Å². The molecule has 1 heterocycles. The predicted molar refractivity (Wildman–Crippen MR) is 57.4 cm³/mol. The average Bonchev–Trinajstić information content (AvgIpc) is 2.13. The summed E-state index contributed by atoms with van der Waals surface area (Å²) in [5.41, 5.74) is 4.63. The van der Waals surface area contributed by atoms with Crippen molar-refractivity contribution in [1.82, 2.24) is 4.98 Å². The Bertz CT molecular complexity index is 337. The molecule has 0 amide bonds. The van der Waals surface area contributed by atoms with Crippen LogP contribution < -0.4 is 5.73 Å². The smallest absolute Gasteiger partial charge is 0.384 e. The van der Waals surface area contributed by atoms with Gasteiger partial charge in [-0.05, 0) is 34.5 Å². The quantitative estimate of drug-likeness (QED) is 0.787. The largest absolute Gasteiger partial charge is 0.434 e. The summed E-state index contributed by atoms with van der Waals surface area (Å²) >= 11 is 2.81. The van der Waals surface area contributed by atoms with E-state index in [1.807, 2.05) is 13.8 Å². The fraction of sp³-hybridized carbons (Fsp3) is 0.444. The first kappa shape index (κ1) is 14.2. The minimum atomic E-state index is -4.47. The zero-order chi connectivity index (χ0) is 12.2. The van der Waals surface area contributed by atoms with Gasteiger partial charge in [-0.1, -0.05) is 13.8 Å². The van der Waals surface area contributed by atoms with Crippen LogP contribution in [0.1, 0.15) is 25.1 Å². The van der Waals surface area contributed by atoms with Crippen LogP contribution in [0.15, 0.2) is 10.5 Å². The summed E-state index contributed by atoms with van der Waals surface area (Å²) in [5.74, 6) is -0.131. The van der Waals surface area contributed by atoms with E-state index in [9.17, 15) is 13.2 Å². The Morgan fingerprint density at radius 2 is 1.80 bits per heavy atom. The monoisotopic (exact) mass is 284 g/mol. The van der Waals surface area contributed by atoms with Crippen LogP contribution in [0.3, 0.4) is 0 Å². The minimum absolute atomic E-state index is 0.0609. The number of nitrogens with two attached hydrogens (primary N) is 1. The average molecular weight is 285 g/mol. The molecule has 2 N–H and O–H groups in total. The minimum Gasteiger partial charge on any atom is -0.384 e. The van der Waals surface area contributed by atoms with Gasteiger partial charge in [-0.15, -0.1) is 0 Å². The maximum Gasteiger partial charge on any atom is 0.434 e. The molecule has 1 rings (SSSR count). The molecule has 0 atom stereocenters. The molecule has 0 bridgehead atoms. The molecular formula is C9H12BrF3N2. The zero-order valence-corrected chi connectivity index (χ0v) is 10.2. The highest BCUT2D eigenvalue weighted by molar-refractivity contribution is 9.10.